The van der Waals surface area contributed by atoms with Crippen molar-refractivity contribution in [3.05, 3.63) is 28.8 Å². The highest BCUT2D eigenvalue weighted by Gasteiger charge is 2.33. The second kappa shape index (κ2) is 5.27. The summed E-state index contributed by atoms with van der Waals surface area (Å²) in [6.45, 7) is 3.60. The van der Waals surface area contributed by atoms with Gasteiger partial charge in [-0.2, -0.15) is 13.2 Å². The molecule has 0 saturated heterocycles. The first-order valence-corrected chi connectivity index (χ1v) is 5.58. The largest absolute Gasteiger partial charge is 0.417 e. The maximum absolute atomic E-state index is 12.6. The van der Waals surface area contributed by atoms with Crippen LogP contribution in [0.25, 0.3) is 0 Å². The molecule has 0 atom stereocenters. The quantitative estimate of drug-likeness (QED) is 0.655. The topological polar surface area (TPSA) is 12.4 Å². The van der Waals surface area contributed by atoms with Crippen molar-refractivity contribution in [2.75, 3.05) is 0 Å². The molecule has 0 heterocycles. The van der Waals surface area contributed by atoms with E-state index in [1.807, 2.05) is 0 Å². The Hall–Kier alpha value is -0.740. The monoisotopic (exact) mass is 283 g/mol. The number of nitrogens with zero attached hydrogens (tertiary/aromatic N) is 1. The molecule has 17 heavy (non-hydrogen) atoms. The minimum absolute atomic E-state index is 0.0401. The summed E-state index contributed by atoms with van der Waals surface area (Å²) in [5, 5.41) is -0.0995. The van der Waals surface area contributed by atoms with Crippen molar-refractivity contribution in [3.63, 3.8) is 0 Å². The zero-order valence-corrected chi connectivity index (χ0v) is 10.7. The molecule has 94 valence electrons. The smallest absolute Gasteiger partial charge is 0.241 e. The molecule has 0 aliphatic heterocycles. The van der Waals surface area contributed by atoms with Gasteiger partial charge in [-0.3, -0.25) is 0 Å². The summed E-state index contributed by atoms with van der Waals surface area (Å²) in [6.07, 6.45) is -4.49. The lowest BCUT2D eigenvalue weighted by Crippen LogP contribution is -2.05. The fourth-order valence-corrected chi connectivity index (χ4v) is 1.37. The molecule has 0 fully saturated rings. The van der Waals surface area contributed by atoms with Crippen molar-refractivity contribution in [2.45, 2.75) is 20.0 Å². The Morgan fingerprint density at radius 2 is 1.88 bits per heavy atom. The Kier molecular flexibility index (Phi) is 4.44. The van der Waals surface area contributed by atoms with Gasteiger partial charge in [0.05, 0.1) is 16.3 Å². The van der Waals surface area contributed by atoms with Gasteiger partial charge < -0.3 is 0 Å². The van der Waals surface area contributed by atoms with Crippen LogP contribution < -0.4 is 0 Å². The first kappa shape index (κ1) is 14.3. The first-order chi connectivity index (χ1) is 7.71. The Balaban J connectivity index is 3.18. The van der Waals surface area contributed by atoms with Gasteiger partial charge in [0.1, 0.15) is 5.17 Å². The molecule has 0 unspecified atom stereocenters. The van der Waals surface area contributed by atoms with Crippen LogP contribution in [0.15, 0.2) is 23.2 Å². The van der Waals surface area contributed by atoms with E-state index in [4.69, 9.17) is 23.2 Å². The number of benzene rings is 1. The van der Waals surface area contributed by atoms with Gasteiger partial charge in [-0.05, 0) is 18.2 Å². The number of rotatable bonds is 2. The van der Waals surface area contributed by atoms with E-state index >= 15 is 0 Å². The van der Waals surface area contributed by atoms with Crippen molar-refractivity contribution in [2.24, 2.45) is 10.9 Å². The predicted octanol–water partition coefficient (Wildman–Crippen LogP) is 5.28. The zero-order chi connectivity index (χ0) is 13.2. The summed E-state index contributed by atoms with van der Waals surface area (Å²) in [5.41, 5.74) is -0.769. The van der Waals surface area contributed by atoms with Crippen LogP contribution in [0.2, 0.25) is 5.02 Å². The minimum Gasteiger partial charge on any atom is -0.241 e. The van der Waals surface area contributed by atoms with Gasteiger partial charge in [-0.25, -0.2) is 4.99 Å². The molecule has 1 aromatic carbocycles. The Bertz CT molecular complexity index is 439. The van der Waals surface area contributed by atoms with Crippen molar-refractivity contribution in [3.8, 4) is 0 Å². The molecule has 0 aromatic heterocycles. The normalized spacial score (nSPS) is 13.3. The van der Waals surface area contributed by atoms with Crippen molar-refractivity contribution in [1.82, 2.24) is 0 Å². The standard InChI is InChI=1S/C11H10Cl2F3N/c1-6(2)10(13)17-7-3-4-9(12)8(5-7)11(14,15)16/h3-6H,1-2H3/b17-10-. The van der Waals surface area contributed by atoms with Crippen LogP contribution in [0.1, 0.15) is 19.4 Å². The van der Waals surface area contributed by atoms with E-state index in [0.29, 0.717) is 0 Å². The average Bonchev–Trinajstić information content (AvgIpc) is 2.19. The summed E-state index contributed by atoms with van der Waals surface area (Å²) in [6, 6.07) is 3.43. The lowest BCUT2D eigenvalue weighted by atomic mass is 10.2. The summed E-state index contributed by atoms with van der Waals surface area (Å²) < 4.78 is 37.7. The van der Waals surface area contributed by atoms with E-state index in [9.17, 15) is 13.2 Å². The maximum atomic E-state index is 12.6. The molecule has 6 heteroatoms. The molecule has 0 radical (unpaired) electrons. The molecule has 0 aliphatic rings. The summed E-state index contributed by atoms with van der Waals surface area (Å²) >= 11 is 11.3. The van der Waals surface area contributed by atoms with Gasteiger partial charge in [-0.1, -0.05) is 37.0 Å². The highest BCUT2D eigenvalue weighted by Crippen LogP contribution is 2.36. The molecule has 0 aliphatic carbocycles. The van der Waals surface area contributed by atoms with Crippen LogP contribution in [0.5, 0.6) is 0 Å². The average molecular weight is 284 g/mol. The lowest BCUT2D eigenvalue weighted by Gasteiger charge is -2.09. The number of hydrogen-bond donors (Lipinski definition) is 0. The number of hydrogen-bond acceptors (Lipinski definition) is 1. The Morgan fingerprint density at radius 3 is 2.35 bits per heavy atom. The predicted molar refractivity (Wildman–Crippen MR) is 64.2 cm³/mol. The van der Waals surface area contributed by atoms with Gasteiger partial charge in [0.15, 0.2) is 0 Å². The van der Waals surface area contributed by atoms with Crippen LogP contribution in [0.3, 0.4) is 0 Å². The maximum Gasteiger partial charge on any atom is 0.417 e. The fraction of sp³-hybridized carbons (Fsp3) is 0.364. The zero-order valence-electron chi connectivity index (χ0n) is 9.15. The summed E-state index contributed by atoms with van der Waals surface area (Å²) in [5.74, 6) is -0.0401. The molecular formula is C11H10Cl2F3N. The molecule has 1 nitrogen and oxygen atoms in total. The van der Waals surface area contributed by atoms with Crippen LogP contribution in [0.4, 0.5) is 18.9 Å². The molecule has 0 N–H and O–H groups in total. The molecule has 1 rings (SSSR count). The molecule has 0 spiro atoms. The molecular weight excluding hydrogens is 274 g/mol. The van der Waals surface area contributed by atoms with Crippen LogP contribution in [-0.2, 0) is 6.18 Å². The van der Waals surface area contributed by atoms with Gasteiger partial charge in [0.2, 0.25) is 0 Å². The van der Waals surface area contributed by atoms with Crippen molar-refractivity contribution >= 4 is 34.1 Å². The van der Waals surface area contributed by atoms with Crippen LogP contribution in [-0.4, -0.2) is 5.17 Å². The van der Waals surface area contributed by atoms with Gasteiger partial charge in [-0.15, -0.1) is 0 Å². The fourth-order valence-electron chi connectivity index (χ4n) is 1.05. The minimum atomic E-state index is -4.49. The van der Waals surface area contributed by atoms with E-state index in [1.54, 1.807) is 13.8 Å². The van der Waals surface area contributed by atoms with Crippen LogP contribution >= 0.6 is 23.2 Å². The van der Waals surface area contributed by atoms with Crippen LogP contribution in [0, 0.1) is 5.92 Å². The van der Waals surface area contributed by atoms with E-state index < -0.39 is 11.7 Å². The molecule has 0 amide bonds. The first-order valence-electron chi connectivity index (χ1n) is 4.82. The van der Waals surface area contributed by atoms with E-state index in [0.717, 1.165) is 12.1 Å². The van der Waals surface area contributed by atoms with E-state index in [1.165, 1.54) is 6.07 Å². The second-order valence-corrected chi connectivity index (χ2v) is 4.55. The van der Waals surface area contributed by atoms with Gasteiger partial charge in [0.25, 0.3) is 0 Å². The molecule has 0 bridgehead atoms. The number of alkyl halides is 3. The highest BCUT2D eigenvalue weighted by molar-refractivity contribution is 6.66. The van der Waals surface area contributed by atoms with Crippen molar-refractivity contribution < 1.29 is 13.2 Å². The lowest BCUT2D eigenvalue weighted by molar-refractivity contribution is -0.137. The second-order valence-electron chi connectivity index (χ2n) is 3.75. The highest BCUT2D eigenvalue weighted by atomic mass is 35.5. The Morgan fingerprint density at radius 1 is 1.29 bits per heavy atom. The van der Waals surface area contributed by atoms with E-state index in [2.05, 4.69) is 4.99 Å². The Labute approximate surface area is 107 Å². The summed E-state index contributed by atoms with van der Waals surface area (Å²) in [4.78, 5) is 3.90. The SMILES string of the molecule is CC(C)/C(Cl)=N/c1ccc(Cl)c(C(F)(F)F)c1. The van der Waals surface area contributed by atoms with Gasteiger partial charge in [0, 0.05) is 5.92 Å². The third-order valence-corrected chi connectivity index (χ3v) is 2.82. The third-order valence-electron chi connectivity index (χ3n) is 1.97. The summed E-state index contributed by atoms with van der Waals surface area (Å²) in [7, 11) is 0. The van der Waals surface area contributed by atoms with Gasteiger partial charge >= 0.3 is 6.18 Å². The molecule has 0 saturated carbocycles. The number of aliphatic imine (C=N–C) groups is 1. The number of halogens is 5. The van der Waals surface area contributed by atoms with E-state index in [-0.39, 0.29) is 21.8 Å². The van der Waals surface area contributed by atoms with Crippen molar-refractivity contribution in [1.29, 1.82) is 0 Å². The third kappa shape index (κ3) is 3.89. The molecule has 1 aromatic rings.